The largest absolute Gasteiger partial charge is 0.416 e. The van der Waals surface area contributed by atoms with Crippen LogP contribution in [0.3, 0.4) is 0 Å². The van der Waals surface area contributed by atoms with Crippen LogP contribution in [0, 0.1) is 0 Å². The molecule has 7 nitrogen and oxygen atoms in total. The fourth-order valence-electron chi connectivity index (χ4n) is 3.01. The van der Waals surface area contributed by atoms with E-state index in [1.165, 1.54) is 28.0 Å². The number of halogens is 3. The van der Waals surface area contributed by atoms with Gasteiger partial charge in [-0.05, 0) is 32.0 Å². The van der Waals surface area contributed by atoms with Crippen molar-refractivity contribution in [1.82, 2.24) is 14.5 Å². The maximum absolute atomic E-state index is 13.0. The molecule has 0 saturated carbocycles. The molecule has 2 aromatic heterocycles. The van der Waals surface area contributed by atoms with Gasteiger partial charge in [-0.1, -0.05) is 35.2 Å². The molecule has 33 heavy (non-hydrogen) atoms. The Morgan fingerprint density at radius 3 is 2.67 bits per heavy atom. The molecule has 0 fully saturated rings. The number of anilines is 2. The van der Waals surface area contributed by atoms with E-state index < -0.39 is 17.6 Å². The van der Waals surface area contributed by atoms with Crippen LogP contribution in [0.1, 0.15) is 19.4 Å². The van der Waals surface area contributed by atoms with E-state index in [0.717, 1.165) is 37.0 Å². The highest BCUT2D eigenvalue weighted by molar-refractivity contribution is 7.99. The molecule has 0 saturated heterocycles. The van der Waals surface area contributed by atoms with E-state index in [1.54, 1.807) is 6.08 Å². The average Bonchev–Trinajstić information content (AvgIpc) is 3.19. The van der Waals surface area contributed by atoms with Crippen molar-refractivity contribution in [3.8, 4) is 0 Å². The number of fused-ring (bicyclic) bond motifs is 1. The van der Waals surface area contributed by atoms with E-state index in [1.807, 2.05) is 18.7 Å². The van der Waals surface area contributed by atoms with E-state index in [4.69, 9.17) is 0 Å². The van der Waals surface area contributed by atoms with Crippen molar-refractivity contribution in [1.29, 1.82) is 0 Å². The van der Waals surface area contributed by atoms with Crippen LogP contribution in [0.25, 0.3) is 10.3 Å². The van der Waals surface area contributed by atoms with E-state index in [0.29, 0.717) is 15.5 Å². The van der Waals surface area contributed by atoms with E-state index >= 15 is 0 Å². The monoisotopic (exact) mass is 497 g/mol. The molecule has 0 bridgehead atoms. The zero-order chi connectivity index (χ0) is 24.2. The number of allylic oxidation sites excluding steroid dienone is 1. The van der Waals surface area contributed by atoms with Crippen molar-refractivity contribution >= 4 is 50.2 Å². The van der Waals surface area contributed by atoms with Gasteiger partial charge in [-0.3, -0.25) is 14.2 Å². The molecule has 176 valence electrons. The van der Waals surface area contributed by atoms with Gasteiger partial charge in [0, 0.05) is 25.3 Å². The minimum absolute atomic E-state index is 0.0330. The molecule has 3 rings (SSSR count). The van der Waals surface area contributed by atoms with Crippen LogP contribution in [0.5, 0.6) is 0 Å². The summed E-state index contributed by atoms with van der Waals surface area (Å²) in [6.45, 7) is 9.30. The number of rotatable bonds is 9. The van der Waals surface area contributed by atoms with Crippen molar-refractivity contribution < 1.29 is 18.0 Å². The number of thioether (sulfide) groups is 1. The number of thiazole rings is 1. The van der Waals surface area contributed by atoms with Crippen LogP contribution in [0.4, 0.5) is 24.0 Å². The molecular weight excluding hydrogens is 475 g/mol. The molecule has 12 heteroatoms. The smallest absolute Gasteiger partial charge is 0.349 e. The number of carbonyl (C=O) groups excluding carboxylic acids is 1. The molecule has 0 radical (unpaired) electrons. The number of hydrogen-bond donors (Lipinski definition) is 1. The molecule has 2 heterocycles. The van der Waals surface area contributed by atoms with Gasteiger partial charge in [0.1, 0.15) is 4.70 Å². The van der Waals surface area contributed by atoms with Crippen molar-refractivity contribution in [2.24, 2.45) is 0 Å². The normalized spacial score (nSPS) is 11.5. The summed E-state index contributed by atoms with van der Waals surface area (Å²) in [5.74, 6) is -0.681. The Morgan fingerprint density at radius 2 is 2.03 bits per heavy atom. The van der Waals surface area contributed by atoms with Gasteiger partial charge < -0.3 is 10.2 Å². The number of aromatic nitrogens is 3. The minimum Gasteiger partial charge on any atom is -0.349 e. The first-order chi connectivity index (χ1) is 15.7. The highest BCUT2D eigenvalue weighted by atomic mass is 32.2. The van der Waals surface area contributed by atoms with Gasteiger partial charge in [-0.25, -0.2) is 4.98 Å². The number of hydrogen-bond acceptors (Lipinski definition) is 7. The van der Waals surface area contributed by atoms with Gasteiger partial charge in [0.05, 0.1) is 11.3 Å². The highest BCUT2D eigenvalue weighted by Gasteiger charge is 2.30. The van der Waals surface area contributed by atoms with Crippen LogP contribution < -0.4 is 15.8 Å². The summed E-state index contributed by atoms with van der Waals surface area (Å²) in [5.41, 5.74) is -0.803. The number of benzene rings is 1. The Bertz CT molecular complexity index is 1220. The molecule has 1 N–H and O–H groups in total. The lowest BCUT2D eigenvalue weighted by atomic mass is 10.2. The Kier molecular flexibility index (Phi) is 7.80. The summed E-state index contributed by atoms with van der Waals surface area (Å²) in [6, 6.07) is 4.39. The average molecular weight is 498 g/mol. The van der Waals surface area contributed by atoms with Gasteiger partial charge in [0.15, 0.2) is 15.9 Å². The predicted molar refractivity (Wildman–Crippen MR) is 126 cm³/mol. The molecular formula is C21H22F3N5O2S2. The summed E-state index contributed by atoms with van der Waals surface area (Å²) in [5, 5.41) is 3.42. The summed E-state index contributed by atoms with van der Waals surface area (Å²) >= 11 is 2.27. The Morgan fingerprint density at radius 1 is 1.30 bits per heavy atom. The third kappa shape index (κ3) is 5.74. The zero-order valence-electron chi connectivity index (χ0n) is 18.0. The maximum atomic E-state index is 13.0. The van der Waals surface area contributed by atoms with E-state index in [-0.39, 0.29) is 28.7 Å². The van der Waals surface area contributed by atoms with Gasteiger partial charge in [0.25, 0.3) is 5.56 Å². The summed E-state index contributed by atoms with van der Waals surface area (Å²) in [7, 11) is 0. The topological polar surface area (TPSA) is 80.1 Å². The SMILES string of the molecule is C=CCn1c(SCC(=O)Nc2cccc(C(F)(F)F)c2)nc2nc(N(CC)CC)sc2c1=O. The second-order valence-electron chi connectivity index (χ2n) is 6.84. The van der Waals surface area contributed by atoms with Crippen LogP contribution in [-0.4, -0.2) is 39.3 Å². The zero-order valence-corrected chi connectivity index (χ0v) is 19.6. The summed E-state index contributed by atoms with van der Waals surface area (Å²) < 4.78 is 40.5. The Labute approximate surface area is 196 Å². The summed E-state index contributed by atoms with van der Waals surface area (Å²) in [4.78, 5) is 36.4. The van der Waals surface area contributed by atoms with Crippen molar-refractivity contribution in [3.05, 3.63) is 52.8 Å². The molecule has 0 spiro atoms. The lowest BCUT2D eigenvalue weighted by molar-refractivity contribution is -0.137. The Balaban J connectivity index is 1.83. The second kappa shape index (κ2) is 10.4. The van der Waals surface area contributed by atoms with Gasteiger partial charge in [-0.15, -0.1) is 6.58 Å². The van der Waals surface area contributed by atoms with Crippen LogP contribution in [0.2, 0.25) is 0 Å². The fourth-order valence-corrected chi connectivity index (χ4v) is 4.89. The molecule has 0 atom stereocenters. The number of carbonyl (C=O) groups is 1. The van der Waals surface area contributed by atoms with Crippen LogP contribution in [-0.2, 0) is 17.5 Å². The predicted octanol–water partition coefficient (Wildman–Crippen LogP) is 4.63. The number of alkyl halides is 3. The maximum Gasteiger partial charge on any atom is 0.416 e. The van der Waals surface area contributed by atoms with E-state index in [2.05, 4.69) is 21.9 Å². The first-order valence-electron chi connectivity index (χ1n) is 10.0. The number of nitrogens with zero attached hydrogens (tertiary/aromatic N) is 4. The third-order valence-electron chi connectivity index (χ3n) is 4.62. The van der Waals surface area contributed by atoms with Crippen molar-refractivity contribution in [2.75, 3.05) is 29.1 Å². The summed E-state index contributed by atoms with van der Waals surface area (Å²) in [6.07, 6.45) is -2.96. The second-order valence-corrected chi connectivity index (χ2v) is 8.76. The number of amides is 1. The van der Waals surface area contributed by atoms with Gasteiger partial charge >= 0.3 is 6.18 Å². The molecule has 0 aliphatic carbocycles. The molecule has 1 amide bonds. The minimum atomic E-state index is -4.51. The standard InChI is InChI=1S/C21H22F3N5O2S2/c1-4-10-29-18(31)16-17(26-19(33-16)28(5-2)6-3)27-20(29)32-12-15(30)25-14-9-7-8-13(11-14)21(22,23)24/h4,7-9,11H,1,5-6,10,12H2,2-3H3,(H,25,30). The molecule has 0 unspecified atom stereocenters. The van der Waals surface area contributed by atoms with E-state index in [9.17, 15) is 22.8 Å². The molecule has 1 aromatic carbocycles. The van der Waals surface area contributed by atoms with Gasteiger partial charge in [-0.2, -0.15) is 18.2 Å². The quantitative estimate of drug-likeness (QED) is 0.264. The van der Waals surface area contributed by atoms with Crippen molar-refractivity contribution in [3.63, 3.8) is 0 Å². The first kappa shape index (κ1) is 24.8. The molecule has 3 aromatic rings. The third-order valence-corrected chi connectivity index (χ3v) is 6.69. The van der Waals surface area contributed by atoms with Gasteiger partial charge in [0.2, 0.25) is 5.91 Å². The number of nitrogens with one attached hydrogen (secondary N) is 1. The lowest BCUT2D eigenvalue weighted by Crippen LogP contribution is -2.23. The first-order valence-corrected chi connectivity index (χ1v) is 11.8. The molecule has 0 aliphatic heterocycles. The Hall–Kier alpha value is -2.86. The molecule has 0 aliphatic rings. The fraction of sp³-hybridized carbons (Fsp3) is 0.333. The van der Waals surface area contributed by atoms with Crippen molar-refractivity contribution in [2.45, 2.75) is 31.7 Å². The lowest BCUT2D eigenvalue weighted by Gasteiger charge is -2.15. The highest BCUT2D eigenvalue weighted by Crippen LogP contribution is 2.31. The van der Waals surface area contributed by atoms with Crippen LogP contribution in [0.15, 0.2) is 46.9 Å². The van der Waals surface area contributed by atoms with Crippen LogP contribution >= 0.6 is 23.1 Å².